The zero-order valence-electron chi connectivity index (χ0n) is 10.6. The van der Waals surface area contributed by atoms with E-state index in [1.807, 2.05) is 24.3 Å². The van der Waals surface area contributed by atoms with Gasteiger partial charge in [0.2, 0.25) is 5.91 Å². The number of halogens is 1. The summed E-state index contributed by atoms with van der Waals surface area (Å²) in [6.07, 6.45) is 0.581. The summed E-state index contributed by atoms with van der Waals surface area (Å²) in [5.74, 6) is -0.450. The van der Waals surface area contributed by atoms with Crippen molar-refractivity contribution in [3.8, 4) is 0 Å². The molecule has 0 heterocycles. The number of carbonyl (C=O) groups is 2. The Kier molecular flexibility index (Phi) is 6.94. The zero-order chi connectivity index (χ0) is 14.3. The topological polar surface area (TPSA) is 57.6 Å². The van der Waals surface area contributed by atoms with E-state index in [2.05, 4.69) is 15.9 Å². The molecule has 1 aromatic rings. The Hall–Kier alpha value is -1.01. The molecule has 0 fully saturated rings. The lowest BCUT2D eigenvalue weighted by atomic mass is 10.3. The van der Waals surface area contributed by atoms with Crippen LogP contribution >= 0.6 is 27.7 Å². The number of benzene rings is 1. The lowest BCUT2D eigenvalue weighted by Crippen LogP contribution is -2.29. The fourth-order valence-corrected chi connectivity index (χ4v) is 2.48. The van der Waals surface area contributed by atoms with E-state index in [0.717, 1.165) is 9.37 Å². The van der Waals surface area contributed by atoms with Crippen molar-refractivity contribution in [2.45, 2.75) is 17.7 Å². The van der Waals surface area contributed by atoms with Crippen LogP contribution in [0.4, 0.5) is 0 Å². The van der Waals surface area contributed by atoms with Gasteiger partial charge in [-0.2, -0.15) is 0 Å². The summed E-state index contributed by atoms with van der Waals surface area (Å²) >= 11 is 4.83. The van der Waals surface area contributed by atoms with Gasteiger partial charge in [-0.05, 0) is 30.7 Å². The second kappa shape index (κ2) is 8.22. The van der Waals surface area contributed by atoms with E-state index in [4.69, 9.17) is 5.11 Å². The van der Waals surface area contributed by atoms with Crippen LogP contribution in [0.5, 0.6) is 0 Å². The number of hydrogen-bond acceptors (Lipinski definition) is 3. The molecule has 0 radical (unpaired) electrons. The van der Waals surface area contributed by atoms with E-state index in [1.54, 1.807) is 11.9 Å². The Labute approximate surface area is 125 Å². The van der Waals surface area contributed by atoms with Gasteiger partial charge in [-0.1, -0.05) is 15.9 Å². The average molecular weight is 346 g/mol. The SMILES string of the molecule is CN(CCCC(=O)O)C(=O)CSc1ccc(Br)cc1. The second-order valence-corrected chi connectivity index (χ2v) is 6.02. The molecule has 0 saturated carbocycles. The Morgan fingerprint density at radius 3 is 2.53 bits per heavy atom. The first-order valence-corrected chi connectivity index (χ1v) is 7.61. The predicted molar refractivity (Wildman–Crippen MR) is 79.4 cm³/mol. The number of carboxylic acid groups (broad SMARTS) is 1. The Morgan fingerprint density at radius 2 is 1.95 bits per heavy atom. The van der Waals surface area contributed by atoms with E-state index >= 15 is 0 Å². The normalized spacial score (nSPS) is 10.2. The summed E-state index contributed by atoms with van der Waals surface area (Å²) in [4.78, 5) is 24.8. The molecule has 19 heavy (non-hydrogen) atoms. The van der Waals surface area contributed by atoms with Crippen molar-refractivity contribution in [2.75, 3.05) is 19.3 Å². The Bertz CT molecular complexity index is 436. The second-order valence-electron chi connectivity index (χ2n) is 4.06. The fraction of sp³-hybridized carbons (Fsp3) is 0.385. The van der Waals surface area contributed by atoms with E-state index in [9.17, 15) is 9.59 Å². The van der Waals surface area contributed by atoms with Crippen molar-refractivity contribution < 1.29 is 14.7 Å². The number of amides is 1. The number of rotatable bonds is 7. The highest BCUT2D eigenvalue weighted by atomic mass is 79.9. The lowest BCUT2D eigenvalue weighted by Gasteiger charge is -2.16. The minimum Gasteiger partial charge on any atom is -0.481 e. The molecule has 0 spiro atoms. The van der Waals surface area contributed by atoms with Crippen LogP contribution in [0.15, 0.2) is 33.6 Å². The summed E-state index contributed by atoms with van der Waals surface area (Å²) in [5.41, 5.74) is 0. The van der Waals surface area contributed by atoms with Crippen LogP contribution in [0, 0.1) is 0 Å². The summed E-state index contributed by atoms with van der Waals surface area (Å²) in [6.45, 7) is 0.478. The van der Waals surface area contributed by atoms with Crippen molar-refractivity contribution in [2.24, 2.45) is 0 Å². The zero-order valence-corrected chi connectivity index (χ0v) is 13.0. The van der Waals surface area contributed by atoms with Gasteiger partial charge in [-0.3, -0.25) is 9.59 Å². The minimum absolute atomic E-state index is 0.0123. The predicted octanol–water partition coefficient (Wildman–Crippen LogP) is 2.86. The van der Waals surface area contributed by atoms with Crippen LogP contribution < -0.4 is 0 Å². The molecule has 1 N–H and O–H groups in total. The van der Waals surface area contributed by atoms with Gasteiger partial charge in [0.1, 0.15) is 0 Å². The highest BCUT2D eigenvalue weighted by Crippen LogP contribution is 2.20. The number of nitrogens with zero attached hydrogens (tertiary/aromatic N) is 1. The third kappa shape index (κ3) is 6.63. The van der Waals surface area contributed by atoms with Gasteiger partial charge < -0.3 is 10.0 Å². The lowest BCUT2D eigenvalue weighted by molar-refractivity contribution is -0.137. The molecule has 0 aliphatic carbocycles. The van der Waals surface area contributed by atoms with Gasteiger partial charge in [0.05, 0.1) is 5.75 Å². The molecule has 0 aliphatic rings. The molecule has 0 atom stereocenters. The first kappa shape index (κ1) is 16.0. The number of hydrogen-bond donors (Lipinski definition) is 1. The fourth-order valence-electron chi connectivity index (χ4n) is 1.38. The number of carboxylic acids is 1. The van der Waals surface area contributed by atoms with Gasteiger partial charge in [0.15, 0.2) is 0 Å². The van der Waals surface area contributed by atoms with Gasteiger partial charge in [-0.25, -0.2) is 0 Å². The van der Waals surface area contributed by atoms with Crippen molar-refractivity contribution >= 4 is 39.6 Å². The third-order valence-electron chi connectivity index (χ3n) is 2.49. The molecule has 1 amide bonds. The minimum atomic E-state index is -0.829. The standard InChI is InChI=1S/C13H16BrNO3S/c1-15(8-2-3-13(17)18)12(16)9-19-11-6-4-10(14)5-7-11/h4-7H,2-3,8-9H2,1H3,(H,17,18). The van der Waals surface area contributed by atoms with E-state index in [0.29, 0.717) is 18.7 Å². The van der Waals surface area contributed by atoms with Crippen molar-refractivity contribution in [1.82, 2.24) is 4.90 Å². The molecule has 104 valence electrons. The van der Waals surface area contributed by atoms with E-state index < -0.39 is 5.97 Å². The molecule has 0 unspecified atom stereocenters. The van der Waals surface area contributed by atoms with E-state index in [-0.39, 0.29) is 12.3 Å². The highest BCUT2D eigenvalue weighted by Gasteiger charge is 2.09. The van der Waals surface area contributed by atoms with Crippen LogP contribution in [0.25, 0.3) is 0 Å². The molecular weight excluding hydrogens is 330 g/mol. The van der Waals surface area contributed by atoms with E-state index in [1.165, 1.54) is 11.8 Å². The summed E-state index contributed by atoms with van der Waals surface area (Å²) in [5, 5.41) is 8.53. The van der Waals surface area contributed by atoms with Gasteiger partial charge in [-0.15, -0.1) is 11.8 Å². The van der Waals surface area contributed by atoms with Crippen molar-refractivity contribution in [3.05, 3.63) is 28.7 Å². The molecular formula is C13H16BrNO3S. The molecule has 0 aliphatic heterocycles. The first-order valence-electron chi connectivity index (χ1n) is 5.83. The first-order chi connectivity index (χ1) is 8.99. The molecule has 0 bridgehead atoms. The molecule has 6 heteroatoms. The molecule has 1 rings (SSSR count). The number of aliphatic carboxylic acids is 1. The van der Waals surface area contributed by atoms with Crippen LogP contribution in [0.3, 0.4) is 0 Å². The van der Waals surface area contributed by atoms with Gasteiger partial charge >= 0.3 is 5.97 Å². The van der Waals surface area contributed by atoms with Crippen molar-refractivity contribution in [3.63, 3.8) is 0 Å². The largest absolute Gasteiger partial charge is 0.481 e. The van der Waals surface area contributed by atoms with Crippen LogP contribution in [0.2, 0.25) is 0 Å². The monoisotopic (exact) mass is 345 g/mol. The van der Waals surface area contributed by atoms with Gasteiger partial charge in [0.25, 0.3) is 0 Å². The third-order valence-corrected chi connectivity index (χ3v) is 4.01. The molecule has 0 aromatic heterocycles. The Morgan fingerprint density at radius 1 is 1.32 bits per heavy atom. The summed E-state index contributed by atoms with van der Waals surface area (Å²) in [6, 6.07) is 7.77. The quantitative estimate of drug-likeness (QED) is 0.772. The summed E-state index contributed by atoms with van der Waals surface area (Å²) in [7, 11) is 1.70. The van der Waals surface area contributed by atoms with Crippen molar-refractivity contribution in [1.29, 1.82) is 0 Å². The average Bonchev–Trinajstić information content (AvgIpc) is 2.37. The van der Waals surface area contributed by atoms with Crippen LogP contribution in [0.1, 0.15) is 12.8 Å². The molecule has 0 saturated heterocycles. The molecule has 4 nitrogen and oxygen atoms in total. The smallest absolute Gasteiger partial charge is 0.303 e. The summed E-state index contributed by atoms with van der Waals surface area (Å²) < 4.78 is 1.01. The Balaban J connectivity index is 2.30. The number of thioether (sulfide) groups is 1. The molecule has 1 aromatic carbocycles. The maximum Gasteiger partial charge on any atom is 0.303 e. The maximum atomic E-state index is 11.8. The number of carbonyl (C=O) groups excluding carboxylic acids is 1. The van der Waals surface area contributed by atoms with Gasteiger partial charge in [0, 0.05) is 29.4 Å². The highest BCUT2D eigenvalue weighted by molar-refractivity contribution is 9.10. The maximum absolute atomic E-state index is 11.8. The van der Waals surface area contributed by atoms with Crippen LogP contribution in [-0.2, 0) is 9.59 Å². The van der Waals surface area contributed by atoms with Crippen LogP contribution in [-0.4, -0.2) is 41.2 Å².